The molecule has 0 bridgehead atoms. The number of hydrogen-bond donors (Lipinski definition) is 1. The average Bonchev–Trinajstić information content (AvgIpc) is 2.23. The fourth-order valence-electron chi connectivity index (χ4n) is 1.38. The van der Waals surface area contributed by atoms with Gasteiger partial charge in [0.15, 0.2) is 0 Å². The number of hydrogen-bond acceptors (Lipinski definition) is 3. The summed E-state index contributed by atoms with van der Waals surface area (Å²) in [6, 6.07) is 1.38. The summed E-state index contributed by atoms with van der Waals surface area (Å²) in [6.45, 7) is 0.577. The van der Waals surface area contributed by atoms with Crippen molar-refractivity contribution in [2.75, 3.05) is 6.61 Å². The molecule has 0 unspecified atom stereocenters. The number of aliphatic hydroxyl groups is 1. The van der Waals surface area contributed by atoms with Gasteiger partial charge < -0.3 is 9.67 Å². The van der Waals surface area contributed by atoms with E-state index in [-0.39, 0.29) is 17.9 Å². The number of aromatic nitrogens is 2. The molecule has 0 atom stereocenters. The van der Waals surface area contributed by atoms with Crippen LogP contribution in [-0.2, 0) is 13.6 Å². The first kappa shape index (κ1) is 11.7. The standard InChI is InChI=1S/C10H16N2O3/c1-11-7-5-9(14)12(10(11)15)6-3-2-4-8-13/h5,7,13H,2-4,6,8H2,1H3. The number of unbranched alkanes of at least 4 members (excludes halogenated alkanes) is 2. The molecule has 1 rings (SSSR count). The van der Waals surface area contributed by atoms with Crippen molar-refractivity contribution in [1.29, 1.82) is 0 Å². The maximum absolute atomic E-state index is 11.5. The SMILES string of the molecule is Cn1ccc(=O)n(CCCCCO)c1=O. The van der Waals surface area contributed by atoms with Crippen molar-refractivity contribution in [1.82, 2.24) is 9.13 Å². The van der Waals surface area contributed by atoms with E-state index < -0.39 is 0 Å². The normalized spacial score (nSPS) is 10.5. The second kappa shape index (κ2) is 5.50. The Morgan fingerprint density at radius 3 is 2.67 bits per heavy atom. The summed E-state index contributed by atoms with van der Waals surface area (Å²) in [5, 5.41) is 8.58. The smallest absolute Gasteiger partial charge is 0.330 e. The van der Waals surface area contributed by atoms with Gasteiger partial charge in [0, 0.05) is 32.5 Å². The van der Waals surface area contributed by atoms with Crippen LogP contribution >= 0.6 is 0 Å². The van der Waals surface area contributed by atoms with Gasteiger partial charge in [0.1, 0.15) is 0 Å². The largest absolute Gasteiger partial charge is 0.396 e. The lowest BCUT2D eigenvalue weighted by molar-refractivity contribution is 0.281. The highest BCUT2D eigenvalue weighted by Gasteiger charge is 2.01. The second-order valence-corrected chi connectivity index (χ2v) is 3.48. The van der Waals surface area contributed by atoms with Gasteiger partial charge in [-0.25, -0.2) is 4.79 Å². The lowest BCUT2D eigenvalue weighted by atomic mass is 10.2. The Balaban J connectivity index is 2.72. The monoisotopic (exact) mass is 212 g/mol. The number of nitrogens with zero attached hydrogens (tertiary/aromatic N) is 2. The van der Waals surface area contributed by atoms with E-state index in [1.54, 1.807) is 7.05 Å². The summed E-state index contributed by atoms with van der Waals surface area (Å²) in [5.41, 5.74) is -0.548. The Morgan fingerprint density at radius 1 is 1.27 bits per heavy atom. The number of aryl methyl sites for hydroxylation is 1. The quantitative estimate of drug-likeness (QED) is 0.682. The molecule has 0 aliphatic carbocycles. The van der Waals surface area contributed by atoms with Crippen LogP contribution < -0.4 is 11.2 Å². The van der Waals surface area contributed by atoms with Gasteiger partial charge in [-0.05, 0) is 19.3 Å². The van der Waals surface area contributed by atoms with Crippen LogP contribution in [0.2, 0.25) is 0 Å². The van der Waals surface area contributed by atoms with Crippen LogP contribution in [0, 0.1) is 0 Å². The zero-order chi connectivity index (χ0) is 11.3. The Morgan fingerprint density at radius 2 is 2.00 bits per heavy atom. The van der Waals surface area contributed by atoms with Gasteiger partial charge >= 0.3 is 5.69 Å². The molecule has 15 heavy (non-hydrogen) atoms. The van der Waals surface area contributed by atoms with Crippen molar-refractivity contribution >= 4 is 0 Å². The van der Waals surface area contributed by atoms with E-state index in [1.807, 2.05) is 0 Å². The highest BCUT2D eigenvalue weighted by Crippen LogP contribution is 1.94. The zero-order valence-corrected chi connectivity index (χ0v) is 8.85. The van der Waals surface area contributed by atoms with Crippen molar-refractivity contribution < 1.29 is 5.11 Å². The minimum absolute atomic E-state index is 0.154. The maximum atomic E-state index is 11.5. The molecule has 1 N–H and O–H groups in total. The van der Waals surface area contributed by atoms with Gasteiger partial charge in [0.2, 0.25) is 0 Å². The fourth-order valence-corrected chi connectivity index (χ4v) is 1.38. The predicted octanol–water partition coefficient (Wildman–Crippen LogP) is -0.290. The molecule has 1 heterocycles. The van der Waals surface area contributed by atoms with E-state index in [0.29, 0.717) is 13.0 Å². The van der Waals surface area contributed by atoms with Crippen LogP contribution in [0.3, 0.4) is 0 Å². The summed E-state index contributed by atoms with van der Waals surface area (Å²) in [4.78, 5) is 22.9. The van der Waals surface area contributed by atoms with Crippen LogP contribution in [0.15, 0.2) is 21.9 Å². The van der Waals surface area contributed by atoms with Gasteiger partial charge in [-0.2, -0.15) is 0 Å². The Kier molecular flexibility index (Phi) is 4.30. The molecule has 0 fully saturated rings. The van der Waals surface area contributed by atoms with Crippen molar-refractivity contribution in [3.63, 3.8) is 0 Å². The molecule has 0 saturated carbocycles. The molecule has 0 radical (unpaired) electrons. The second-order valence-electron chi connectivity index (χ2n) is 3.48. The van der Waals surface area contributed by atoms with Crippen molar-refractivity contribution in [2.24, 2.45) is 7.05 Å². The first-order valence-electron chi connectivity index (χ1n) is 5.04. The Bertz CT molecular complexity index is 419. The van der Waals surface area contributed by atoms with Crippen molar-refractivity contribution in [3.05, 3.63) is 33.1 Å². The summed E-state index contributed by atoms with van der Waals surface area (Å²) in [5.74, 6) is 0. The molecule has 5 heteroatoms. The Labute approximate surface area is 87.6 Å². The molecule has 5 nitrogen and oxygen atoms in total. The van der Waals surface area contributed by atoms with Gasteiger partial charge in [-0.1, -0.05) is 0 Å². The topological polar surface area (TPSA) is 64.2 Å². The lowest BCUT2D eigenvalue weighted by Gasteiger charge is -2.05. The number of aliphatic hydroxyl groups excluding tert-OH is 1. The first-order valence-corrected chi connectivity index (χ1v) is 5.04. The molecule has 1 aromatic rings. The molecule has 0 saturated heterocycles. The van der Waals surface area contributed by atoms with Crippen LogP contribution in [0.5, 0.6) is 0 Å². The molecule has 0 aliphatic heterocycles. The van der Waals surface area contributed by atoms with E-state index in [1.165, 1.54) is 21.4 Å². The van der Waals surface area contributed by atoms with Gasteiger partial charge in [0.05, 0.1) is 0 Å². The summed E-state index contributed by atoms with van der Waals surface area (Å²) >= 11 is 0. The third kappa shape index (κ3) is 3.06. The highest BCUT2D eigenvalue weighted by atomic mass is 16.3. The van der Waals surface area contributed by atoms with Crippen LogP contribution in [0.25, 0.3) is 0 Å². The maximum Gasteiger partial charge on any atom is 0.330 e. The number of rotatable bonds is 5. The highest BCUT2D eigenvalue weighted by molar-refractivity contribution is 4.85. The van der Waals surface area contributed by atoms with E-state index in [9.17, 15) is 9.59 Å². The van der Waals surface area contributed by atoms with Gasteiger partial charge in [0.25, 0.3) is 5.56 Å². The van der Waals surface area contributed by atoms with E-state index >= 15 is 0 Å². The van der Waals surface area contributed by atoms with E-state index in [4.69, 9.17) is 5.11 Å². The van der Waals surface area contributed by atoms with Crippen LogP contribution in [0.1, 0.15) is 19.3 Å². The van der Waals surface area contributed by atoms with Crippen LogP contribution in [0.4, 0.5) is 0 Å². The molecule has 0 amide bonds. The molecular weight excluding hydrogens is 196 g/mol. The molecule has 84 valence electrons. The Hall–Kier alpha value is -1.36. The lowest BCUT2D eigenvalue weighted by Crippen LogP contribution is -2.37. The molecular formula is C10H16N2O3. The minimum Gasteiger partial charge on any atom is -0.396 e. The van der Waals surface area contributed by atoms with Crippen LogP contribution in [-0.4, -0.2) is 20.8 Å². The van der Waals surface area contributed by atoms with Gasteiger partial charge in [-0.3, -0.25) is 9.36 Å². The van der Waals surface area contributed by atoms with E-state index in [0.717, 1.165) is 12.8 Å². The first-order chi connectivity index (χ1) is 7.16. The van der Waals surface area contributed by atoms with E-state index in [2.05, 4.69) is 0 Å². The average molecular weight is 212 g/mol. The molecule has 0 aromatic carbocycles. The predicted molar refractivity (Wildman–Crippen MR) is 56.9 cm³/mol. The summed E-state index contributed by atoms with van der Waals surface area (Å²) in [7, 11) is 1.62. The zero-order valence-electron chi connectivity index (χ0n) is 8.85. The minimum atomic E-state index is -0.286. The molecule has 1 aromatic heterocycles. The van der Waals surface area contributed by atoms with Crippen molar-refractivity contribution in [2.45, 2.75) is 25.8 Å². The summed E-state index contributed by atoms with van der Waals surface area (Å²) in [6.07, 6.45) is 3.73. The van der Waals surface area contributed by atoms with Crippen molar-refractivity contribution in [3.8, 4) is 0 Å². The molecule has 0 spiro atoms. The third-order valence-electron chi connectivity index (χ3n) is 2.28. The molecule has 0 aliphatic rings. The fraction of sp³-hybridized carbons (Fsp3) is 0.600. The third-order valence-corrected chi connectivity index (χ3v) is 2.28. The summed E-state index contributed by atoms with van der Waals surface area (Å²) < 4.78 is 2.60. The van der Waals surface area contributed by atoms with Gasteiger partial charge in [-0.15, -0.1) is 0 Å².